The van der Waals surface area contributed by atoms with Crippen molar-refractivity contribution in [2.45, 2.75) is 49.5 Å². The molecule has 1 aliphatic carbocycles. The first-order valence-corrected chi connectivity index (χ1v) is 10.9. The van der Waals surface area contributed by atoms with E-state index in [0.29, 0.717) is 24.9 Å². The molecule has 0 radical (unpaired) electrons. The zero-order valence-corrected chi connectivity index (χ0v) is 16.7. The summed E-state index contributed by atoms with van der Waals surface area (Å²) < 4.78 is 5.10. The maximum absolute atomic E-state index is 12.8. The number of ether oxygens (including phenoxy) is 1. The van der Waals surface area contributed by atoms with E-state index < -0.39 is 0 Å². The molecule has 5 nitrogen and oxygen atoms in total. The molecule has 3 fully saturated rings. The fourth-order valence-electron chi connectivity index (χ4n) is 4.24. The summed E-state index contributed by atoms with van der Waals surface area (Å²) in [5.41, 5.74) is -0.0794. The SMILES string of the molecule is CC1(C2CCN(C(=O)CC3(CSc4ccccc4)CC3)CC2)COC(=O)N1. The van der Waals surface area contributed by atoms with Crippen LogP contribution in [0.5, 0.6) is 0 Å². The number of alkyl carbamates (subject to hydrolysis) is 1. The number of carbonyl (C=O) groups is 2. The van der Waals surface area contributed by atoms with Crippen molar-refractivity contribution in [1.29, 1.82) is 0 Å². The Morgan fingerprint density at radius 3 is 2.56 bits per heavy atom. The molecule has 4 rings (SSSR count). The molecule has 2 aliphatic heterocycles. The van der Waals surface area contributed by atoms with Gasteiger partial charge in [0.05, 0.1) is 5.54 Å². The number of nitrogens with one attached hydrogen (secondary N) is 1. The van der Waals surface area contributed by atoms with Gasteiger partial charge in [-0.1, -0.05) is 18.2 Å². The zero-order valence-electron chi connectivity index (χ0n) is 15.9. The Hall–Kier alpha value is -1.69. The molecule has 1 atom stereocenters. The Balaban J connectivity index is 1.25. The number of hydrogen-bond donors (Lipinski definition) is 1. The van der Waals surface area contributed by atoms with E-state index in [0.717, 1.165) is 44.5 Å². The molecule has 1 aromatic rings. The van der Waals surface area contributed by atoms with Crippen molar-refractivity contribution in [3.05, 3.63) is 30.3 Å². The standard InChI is InChI=1S/C21H28N2O3S/c1-20(14-26-19(25)22-20)16-7-11-23(12-8-16)18(24)13-21(9-10-21)15-27-17-5-3-2-4-6-17/h2-6,16H,7-15H2,1H3,(H,22,25). The predicted molar refractivity (Wildman–Crippen MR) is 106 cm³/mol. The van der Waals surface area contributed by atoms with Crippen molar-refractivity contribution in [3.8, 4) is 0 Å². The third-order valence-corrected chi connectivity index (χ3v) is 7.77. The molecule has 0 bridgehead atoms. The van der Waals surface area contributed by atoms with Crippen LogP contribution in [0.25, 0.3) is 0 Å². The second-order valence-electron chi connectivity index (χ2n) is 8.55. The summed E-state index contributed by atoms with van der Waals surface area (Å²) in [5, 5.41) is 2.96. The normalized spacial score (nSPS) is 27.1. The lowest BCUT2D eigenvalue weighted by Crippen LogP contribution is -2.52. The lowest BCUT2D eigenvalue weighted by molar-refractivity contribution is -0.134. The lowest BCUT2D eigenvalue weighted by atomic mass is 9.80. The van der Waals surface area contributed by atoms with Crippen molar-refractivity contribution in [2.24, 2.45) is 11.3 Å². The predicted octanol–water partition coefficient (Wildman–Crippen LogP) is 3.69. The van der Waals surface area contributed by atoms with Crippen LogP contribution in [-0.2, 0) is 9.53 Å². The number of piperidine rings is 1. The van der Waals surface area contributed by atoms with Crippen LogP contribution >= 0.6 is 11.8 Å². The van der Waals surface area contributed by atoms with Gasteiger partial charge < -0.3 is 15.0 Å². The smallest absolute Gasteiger partial charge is 0.407 e. The largest absolute Gasteiger partial charge is 0.447 e. The molecule has 1 N–H and O–H groups in total. The highest BCUT2D eigenvalue weighted by molar-refractivity contribution is 7.99. The molecule has 0 spiro atoms. The molecule has 146 valence electrons. The second-order valence-corrected chi connectivity index (χ2v) is 9.60. The van der Waals surface area contributed by atoms with Crippen LogP contribution in [0.4, 0.5) is 4.79 Å². The molecule has 2 heterocycles. The van der Waals surface area contributed by atoms with Crippen LogP contribution in [0.3, 0.4) is 0 Å². The highest BCUT2D eigenvalue weighted by atomic mass is 32.2. The van der Waals surface area contributed by atoms with E-state index in [1.54, 1.807) is 0 Å². The van der Waals surface area contributed by atoms with Crippen molar-refractivity contribution in [2.75, 3.05) is 25.4 Å². The molecule has 2 saturated heterocycles. The first-order chi connectivity index (χ1) is 13.0. The van der Waals surface area contributed by atoms with Gasteiger partial charge in [-0.2, -0.15) is 0 Å². The van der Waals surface area contributed by atoms with Crippen LogP contribution < -0.4 is 5.32 Å². The number of hydrogen-bond acceptors (Lipinski definition) is 4. The van der Waals surface area contributed by atoms with E-state index in [9.17, 15) is 9.59 Å². The maximum atomic E-state index is 12.8. The van der Waals surface area contributed by atoms with E-state index in [4.69, 9.17) is 4.74 Å². The number of carbonyl (C=O) groups excluding carboxylic acids is 2. The molecular weight excluding hydrogens is 360 g/mol. The van der Waals surface area contributed by atoms with Gasteiger partial charge in [-0.15, -0.1) is 11.8 Å². The number of likely N-dealkylation sites (tertiary alicyclic amines) is 1. The second kappa shape index (κ2) is 7.38. The number of rotatable bonds is 6. The molecular formula is C21H28N2O3S. The average molecular weight is 389 g/mol. The van der Waals surface area contributed by atoms with E-state index in [1.165, 1.54) is 4.90 Å². The van der Waals surface area contributed by atoms with E-state index in [2.05, 4.69) is 36.5 Å². The van der Waals surface area contributed by atoms with Crippen LogP contribution in [0.1, 0.15) is 39.0 Å². The summed E-state index contributed by atoms with van der Waals surface area (Å²) in [7, 11) is 0. The van der Waals surface area contributed by atoms with Gasteiger partial charge in [0.1, 0.15) is 6.61 Å². The molecule has 1 unspecified atom stereocenters. The van der Waals surface area contributed by atoms with Gasteiger partial charge in [-0.05, 0) is 56.1 Å². The summed E-state index contributed by atoms with van der Waals surface area (Å²) in [6.45, 7) is 4.07. The molecule has 1 saturated carbocycles. The summed E-state index contributed by atoms with van der Waals surface area (Å²) >= 11 is 1.87. The molecule has 27 heavy (non-hydrogen) atoms. The fourth-order valence-corrected chi connectivity index (χ4v) is 5.45. The third-order valence-electron chi connectivity index (χ3n) is 6.41. The molecule has 0 aromatic heterocycles. The monoisotopic (exact) mass is 388 g/mol. The first-order valence-electron chi connectivity index (χ1n) is 9.89. The van der Waals surface area contributed by atoms with Crippen molar-refractivity contribution in [1.82, 2.24) is 10.2 Å². The van der Waals surface area contributed by atoms with Crippen molar-refractivity contribution < 1.29 is 14.3 Å². The van der Waals surface area contributed by atoms with Gasteiger partial charge >= 0.3 is 6.09 Å². The highest BCUT2D eigenvalue weighted by Gasteiger charge is 2.46. The summed E-state index contributed by atoms with van der Waals surface area (Å²) in [5.74, 6) is 1.70. The van der Waals surface area contributed by atoms with Crippen LogP contribution in [0.15, 0.2) is 35.2 Å². The average Bonchev–Trinajstić information content (AvgIpc) is 3.36. The topological polar surface area (TPSA) is 58.6 Å². The Morgan fingerprint density at radius 1 is 1.26 bits per heavy atom. The quantitative estimate of drug-likeness (QED) is 0.755. The lowest BCUT2D eigenvalue weighted by Gasteiger charge is -2.39. The molecule has 2 amide bonds. The Kier molecular flexibility index (Phi) is 5.10. The van der Waals surface area contributed by atoms with E-state index in [1.807, 2.05) is 22.7 Å². The van der Waals surface area contributed by atoms with Crippen molar-refractivity contribution in [3.63, 3.8) is 0 Å². The van der Waals surface area contributed by atoms with Gasteiger partial charge in [0.25, 0.3) is 0 Å². The Bertz CT molecular complexity index is 699. The fraction of sp³-hybridized carbons (Fsp3) is 0.619. The van der Waals surface area contributed by atoms with Crippen LogP contribution in [0, 0.1) is 11.3 Å². The first kappa shape index (κ1) is 18.7. The highest BCUT2D eigenvalue weighted by Crippen LogP contribution is 2.52. The van der Waals surface area contributed by atoms with Gasteiger partial charge in [0.15, 0.2) is 0 Å². The van der Waals surface area contributed by atoms with Crippen molar-refractivity contribution >= 4 is 23.8 Å². The van der Waals surface area contributed by atoms with E-state index >= 15 is 0 Å². The number of thioether (sulfide) groups is 1. The Morgan fingerprint density at radius 2 is 1.96 bits per heavy atom. The summed E-state index contributed by atoms with van der Waals surface area (Å²) in [6, 6.07) is 10.4. The third kappa shape index (κ3) is 4.26. The minimum atomic E-state index is -0.317. The number of amides is 2. The summed E-state index contributed by atoms with van der Waals surface area (Å²) in [4.78, 5) is 27.6. The van der Waals surface area contributed by atoms with Crippen LogP contribution in [0.2, 0.25) is 0 Å². The van der Waals surface area contributed by atoms with Gasteiger partial charge in [0, 0.05) is 30.2 Å². The van der Waals surface area contributed by atoms with Gasteiger partial charge in [-0.25, -0.2) is 4.79 Å². The minimum absolute atomic E-state index is 0.202. The number of nitrogens with zero attached hydrogens (tertiary/aromatic N) is 1. The molecule has 3 aliphatic rings. The van der Waals surface area contributed by atoms with Crippen LogP contribution in [-0.4, -0.2) is 47.9 Å². The molecule has 6 heteroatoms. The van der Waals surface area contributed by atoms with Gasteiger partial charge in [-0.3, -0.25) is 4.79 Å². The number of benzene rings is 1. The molecule has 1 aromatic carbocycles. The number of cyclic esters (lactones) is 1. The Labute approximate surface area is 165 Å². The minimum Gasteiger partial charge on any atom is -0.447 e. The maximum Gasteiger partial charge on any atom is 0.407 e. The van der Waals surface area contributed by atoms with E-state index in [-0.39, 0.29) is 17.0 Å². The van der Waals surface area contributed by atoms with Gasteiger partial charge in [0.2, 0.25) is 5.91 Å². The summed E-state index contributed by atoms with van der Waals surface area (Å²) in [6.07, 6.45) is 4.54. The zero-order chi connectivity index (χ0) is 18.9.